The van der Waals surface area contributed by atoms with Gasteiger partial charge in [-0.15, -0.1) is 0 Å². The van der Waals surface area contributed by atoms with Gasteiger partial charge < -0.3 is 10.1 Å². The molecule has 0 radical (unpaired) electrons. The lowest BCUT2D eigenvalue weighted by Crippen LogP contribution is -2.45. The number of amides is 1. The molecule has 1 aliphatic rings. The standard InChI is InChI=1S/C16H23N5O2/c1-11(2)20-8-14(15(9-20)23-3)17-16(22)10-21-18-12-6-4-5-7-13(12)19-21/h4-7,11,14-15H,8-10H2,1-3H3,(H,17,22)/t14-,15-/m1/s1. The highest BCUT2D eigenvalue weighted by atomic mass is 16.5. The van der Waals surface area contributed by atoms with E-state index in [-0.39, 0.29) is 24.6 Å². The molecule has 7 nitrogen and oxygen atoms in total. The lowest BCUT2D eigenvalue weighted by Gasteiger charge is -2.19. The van der Waals surface area contributed by atoms with Crippen LogP contribution in [-0.4, -0.2) is 64.2 Å². The highest BCUT2D eigenvalue weighted by molar-refractivity contribution is 5.77. The van der Waals surface area contributed by atoms with E-state index in [0.717, 1.165) is 24.1 Å². The predicted octanol–water partition coefficient (Wildman–Crippen LogP) is 0.655. The maximum Gasteiger partial charge on any atom is 0.243 e. The van der Waals surface area contributed by atoms with Crippen LogP contribution < -0.4 is 5.32 Å². The van der Waals surface area contributed by atoms with Gasteiger partial charge in [-0.25, -0.2) is 0 Å². The van der Waals surface area contributed by atoms with Crippen LogP contribution in [0.2, 0.25) is 0 Å². The molecule has 0 aliphatic carbocycles. The quantitative estimate of drug-likeness (QED) is 0.877. The number of nitrogens with zero attached hydrogens (tertiary/aromatic N) is 4. The Bertz CT molecular complexity index is 651. The molecule has 23 heavy (non-hydrogen) atoms. The molecule has 1 aromatic heterocycles. The minimum atomic E-state index is -0.0945. The molecule has 2 heterocycles. The Morgan fingerprint density at radius 2 is 1.96 bits per heavy atom. The van der Waals surface area contributed by atoms with Crippen LogP contribution in [0.25, 0.3) is 11.0 Å². The molecule has 0 spiro atoms. The van der Waals surface area contributed by atoms with Crippen molar-refractivity contribution >= 4 is 16.9 Å². The summed E-state index contributed by atoms with van der Waals surface area (Å²) in [6.45, 7) is 6.05. The van der Waals surface area contributed by atoms with E-state index in [1.807, 2.05) is 24.3 Å². The molecule has 2 atom stereocenters. The average molecular weight is 317 g/mol. The first kappa shape index (κ1) is 15.9. The molecule has 3 rings (SSSR count). The van der Waals surface area contributed by atoms with E-state index < -0.39 is 0 Å². The van der Waals surface area contributed by atoms with E-state index in [2.05, 4.69) is 34.3 Å². The van der Waals surface area contributed by atoms with Crippen LogP contribution in [0.15, 0.2) is 24.3 Å². The van der Waals surface area contributed by atoms with E-state index >= 15 is 0 Å². The van der Waals surface area contributed by atoms with Crippen LogP contribution >= 0.6 is 0 Å². The van der Waals surface area contributed by atoms with Gasteiger partial charge in [0.1, 0.15) is 17.6 Å². The van der Waals surface area contributed by atoms with Crippen LogP contribution in [0.5, 0.6) is 0 Å². The summed E-state index contributed by atoms with van der Waals surface area (Å²) in [6.07, 6.45) is 0.0194. The Kier molecular flexibility index (Phi) is 4.58. The van der Waals surface area contributed by atoms with Crippen molar-refractivity contribution in [2.24, 2.45) is 0 Å². The Hall–Kier alpha value is -1.99. The molecule has 0 bridgehead atoms. The molecule has 1 amide bonds. The zero-order valence-corrected chi connectivity index (χ0v) is 13.8. The summed E-state index contributed by atoms with van der Waals surface area (Å²) < 4.78 is 5.51. The molecule has 0 unspecified atom stereocenters. The summed E-state index contributed by atoms with van der Waals surface area (Å²) in [7, 11) is 1.69. The minimum Gasteiger partial charge on any atom is -0.378 e. The summed E-state index contributed by atoms with van der Waals surface area (Å²) in [5.74, 6) is -0.0945. The Morgan fingerprint density at radius 1 is 1.30 bits per heavy atom. The monoisotopic (exact) mass is 317 g/mol. The molecule has 124 valence electrons. The van der Waals surface area contributed by atoms with Crippen LogP contribution in [0, 0.1) is 0 Å². The number of carbonyl (C=O) groups is 1. The van der Waals surface area contributed by atoms with Gasteiger partial charge in [-0.05, 0) is 26.0 Å². The number of aromatic nitrogens is 3. The van der Waals surface area contributed by atoms with Gasteiger partial charge in [0.05, 0.1) is 12.1 Å². The first-order valence-corrected chi connectivity index (χ1v) is 7.93. The van der Waals surface area contributed by atoms with Crippen molar-refractivity contribution in [1.29, 1.82) is 0 Å². The highest BCUT2D eigenvalue weighted by Crippen LogP contribution is 2.16. The number of rotatable bonds is 5. The number of likely N-dealkylation sites (tertiary alicyclic amines) is 1. The first-order valence-electron chi connectivity index (χ1n) is 7.93. The number of carbonyl (C=O) groups excluding carboxylic acids is 1. The lowest BCUT2D eigenvalue weighted by atomic mass is 10.2. The molecular formula is C16H23N5O2. The number of ether oxygens (including phenoxy) is 1. The number of fused-ring (bicyclic) bond motifs is 1. The number of methoxy groups -OCH3 is 1. The summed E-state index contributed by atoms with van der Waals surface area (Å²) in [6, 6.07) is 8.02. The van der Waals surface area contributed by atoms with Crippen molar-refractivity contribution in [2.45, 2.75) is 38.6 Å². The van der Waals surface area contributed by atoms with Crippen molar-refractivity contribution < 1.29 is 9.53 Å². The van der Waals surface area contributed by atoms with Crippen molar-refractivity contribution in [3.05, 3.63) is 24.3 Å². The number of hydrogen-bond donors (Lipinski definition) is 1. The van der Waals surface area contributed by atoms with Gasteiger partial charge in [-0.1, -0.05) is 12.1 Å². The van der Waals surface area contributed by atoms with E-state index in [0.29, 0.717) is 6.04 Å². The van der Waals surface area contributed by atoms with Gasteiger partial charge in [-0.3, -0.25) is 9.69 Å². The maximum atomic E-state index is 12.3. The molecule has 2 aromatic rings. The van der Waals surface area contributed by atoms with Crippen molar-refractivity contribution in [1.82, 2.24) is 25.2 Å². The smallest absolute Gasteiger partial charge is 0.243 e. The zero-order chi connectivity index (χ0) is 16.4. The Balaban J connectivity index is 1.62. The fourth-order valence-electron chi connectivity index (χ4n) is 2.96. The van der Waals surface area contributed by atoms with E-state index in [9.17, 15) is 4.79 Å². The molecule has 1 aromatic carbocycles. The molecule has 0 saturated carbocycles. The molecule has 1 fully saturated rings. The second-order valence-electron chi connectivity index (χ2n) is 6.21. The summed E-state index contributed by atoms with van der Waals surface area (Å²) >= 11 is 0. The number of benzene rings is 1. The van der Waals surface area contributed by atoms with Gasteiger partial charge >= 0.3 is 0 Å². The first-order chi connectivity index (χ1) is 11.1. The van der Waals surface area contributed by atoms with Crippen LogP contribution in [0.1, 0.15) is 13.8 Å². The normalized spacial score (nSPS) is 22.1. The molecule has 7 heteroatoms. The van der Waals surface area contributed by atoms with Crippen molar-refractivity contribution in [2.75, 3.05) is 20.2 Å². The van der Waals surface area contributed by atoms with Crippen LogP contribution in [-0.2, 0) is 16.1 Å². The van der Waals surface area contributed by atoms with Gasteiger partial charge in [-0.2, -0.15) is 15.0 Å². The van der Waals surface area contributed by atoms with Gasteiger partial charge in [0, 0.05) is 26.2 Å². The average Bonchev–Trinajstić information content (AvgIpc) is 3.10. The molecule has 1 N–H and O–H groups in total. The lowest BCUT2D eigenvalue weighted by molar-refractivity contribution is -0.123. The second kappa shape index (κ2) is 6.64. The number of hydrogen-bond acceptors (Lipinski definition) is 5. The fraction of sp³-hybridized carbons (Fsp3) is 0.562. The van der Waals surface area contributed by atoms with Crippen molar-refractivity contribution in [3.63, 3.8) is 0 Å². The maximum absolute atomic E-state index is 12.3. The SMILES string of the molecule is CO[C@@H]1CN(C(C)C)C[C@H]1NC(=O)Cn1nc2ccccc2n1. The van der Waals surface area contributed by atoms with Gasteiger partial charge in [0.25, 0.3) is 0 Å². The van der Waals surface area contributed by atoms with Crippen LogP contribution in [0.3, 0.4) is 0 Å². The predicted molar refractivity (Wildman–Crippen MR) is 87.0 cm³/mol. The van der Waals surface area contributed by atoms with Crippen LogP contribution in [0.4, 0.5) is 0 Å². The Morgan fingerprint density at radius 3 is 2.52 bits per heavy atom. The number of nitrogens with one attached hydrogen (secondary N) is 1. The zero-order valence-electron chi connectivity index (χ0n) is 13.8. The highest BCUT2D eigenvalue weighted by Gasteiger charge is 2.34. The van der Waals surface area contributed by atoms with Gasteiger partial charge in [0.2, 0.25) is 5.91 Å². The fourth-order valence-corrected chi connectivity index (χ4v) is 2.96. The summed E-state index contributed by atoms with van der Waals surface area (Å²) in [5, 5.41) is 11.7. The van der Waals surface area contributed by atoms with E-state index in [4.69, 9.17) is 4.74 Å². The third-order valence-electron chi connectivity index (χ3n) is 4.29. The van der Waals surface area contributed by atoms with Crippen molar-refractivity contribution in [3.8, 4) is 0 Å². The molecular weight excluding hydrogens is 294 g/mol. The minimum absolute atomic E-state index is 0.000113. The van der Waals surface area contributed by atoms with E-state index in [1.165, 1.54) is 4.80 Å². The largest absolute Gasteiger partial charge is 0.378 e. The molecule has 1 aliphatic heterocycles. The Labute approximate surface area is 135 Å². The topological polar surface area (TPSA) is 72.3 Å². The second-order valence-corrected chi connectivity index (χ2v) is 6.21. The third kappa shape index (κ3) is 3.51. The third-order valence-corrected chi connectivity index (χ3v) is 4.29. The summed E-state index contributed by atoms with van der Waals surface area (Å²) in [5.41, 5.74) is 1.59. The molecule has 1 saturated heterocycles. The summed E-state index contributed by atoms with van der Waals surface area (Å²) in [4.78, 5) is 16.0. The van der Waals surface area contributed by atoms with E-state index in [1.54, 1.807) is 7.11 Å². The van der Waals surface area contributed by atoms with Gasteiger partial charge in [0.15, 0.2) is 0 Å².